The number of fused-ring (bicyclic) bond motifs is 1. The van der Waals surface area contributed by atoms with Crippen LogP contribution < -0.4 is 10.6 Å². The lowest BCUT2D eigenvalue weighted by atomic mass is 9.59. The molecule has 0 aromatic carbocycles. The summed E-state index contributed by atoms with van der Waals surface area (Å²) in [6.45, 7) is 4.96. The van der Waals surface area contributed by atoms with E-state index >= 15 is 0 Å². The number of nitrogens with zero attached hydrogens (tertiary/aromatic N) is 7. The third-order valence-corrected chi connectivity index (χ3v) is 7.97. The highest BCUT2D eigenvalue weighted by Gasteiger charge is 2.49. The molecule has 0 unspecified atom stereocenters. The second kappa shape index (κ2) is 7.84. The van der Waals surface area contributed by atoms with E-state index in [1.165, 1.54) is 4.52 Å². The highest BCUT2D eigenvalue weighted by Crippen LogP contribution is 2.52. The first-order chi connectivity index (χ1) is 17.2. The Bertz CT molecular complexity index is 1480. The van der Waals surface area contributed by atoms with E-state index in [1.807, 2.05) is 24.0 Å². The summed E-state index contributed by atoms with van der Waals surface area (Å²) in [6, 6.07) is 5.65. The first kappa shape index (κ1) is 22.6. The number of amides is 1. The van der Waals surface area contributed by atoms with Crippen LogP contribution in [0.5, 0.6) is 0 Å². The van der Waals surface area contributed by atoms with Gasteiger partial charge in [-0.3, -0.25) is 9.78 Å². The van der Waals surface area contributed by atoms with Crippen LogP contribution in [0.4, 0.5) is 10.1 Å². The molecule has 1 amide bonds. The Kier molecular flexibility index (Phi) is 4.93. The van der Waals surface area contributed by atoms with E-state index in [0.717, 1.165) is 54.5 Å². The summed E-state index contributed by atoms with van der Waals surface area (Å²) >= 11 is 0. The zero-order valence-corrected chi connectivity index (χ0v) is 20.6. The number of halogens is 1. The maximum atomic E-state index is 14.4. The molecular formula is C26H29FN8O. The second-order valence-corrected chi connectivity index (χ2v) is 10.8. The van der Waals surface area contributed by atoms with Gasteiger partial charge in [-0.1, -0.05) is 6.92 Å². The zero-order chi connectivity index (χ0) is 25.2. The molecule has 0 saturated heterocycles. The predicted octanol–water partition coefficient (Wildman–Crippen LogP) is 3.37. The van der Waals surface area contributed by atoms with Crippen LogP contribution in [0.15, 0.2) is 43.1 Å². The van der Waals surface area contributed by atoms with E-state index in [0.29, 0.717) is 12.5 Å². The van der Waals surface area contributed by atoms with Crippen molar-refractivity contribution in [3.05, 3.63) is 71.6 Å². The van der Waals surface area contributed by atoms with Crippen molar-refractivity contribution in [3.63, 3.8) is 0 Å². The molecule has 2 saturated carbocycles. The molecule has 4 heterocycles. The molecule has 0 radical (unpaired) electrons. The molecule has 9 nitrogen and oxygen atoms in total. The number of carbonyl (C=O) groups excluding carboxylic acids is 1. The normalized spacial score (nSPS) is 22.4. The molecule has 2 N–H and O–H groups in total. The van der Waals surface area contributed by atoms with Gasteiger partial charge in [-0.15, -0.1) is 10.2 Å². The smallest absolute Gasteiger partial charge is 0.267 e. The van der Waals surface area contributed by atoms with Crippen molar-refractivity contribution in [3.8, 4) is 0 Å². The van der Waals surface area contributed by atoms with Crippen molar-refractivity contribution >= 4 is 17.1 Å². The molecule has 4 aromatic rings. The van der Waals surface area contributed by atoms with Crippen LogP contribution in [-0.4, -0.2) is 40.8 Å². The number of pyridine rings is 2. The largest absolute Gasteiger partial charge is 0.364 e. The van der Waals surface area contributed by atoms with E-state index in [2.05, 4.69) is 45.1 Å². The lowest BCUT2D eigenvalue weighted by molar-refractivity contribution is 0.0993. The molecule has 0 aliphatic heterocycles. The average Bonchev–Trinajstić information content (AvgIpc) is 3.25. The summed E-state index contributed by atoms with van der Waals surface area (Å²) in [5.74, 6) is 0.405. The molecule has 6 rings (SSSR count). The summed E-state index contributed by atoms with van der Waals surface area (Å²) < 4.78 is 17.7. The summed E-state index contributed by atoms with van der Waals surface area (Å²) in [4.78, 5) is 19.1. The quantitative estimate of drug-likeness (QED) is 0.427. The molecule has 2 aliphatic carbocycles. The molecule has 4 aromatic heterocycles. The Hall–Kier alpha value is -3.82. The fourth-order valence-electron chi connectivity index (χ4n) is 5.84. The van der Waals surface area contributed by atoms with Crippen molar-refractivity contribution in [1.82, 2.24) is 29.4 Å². The minimum absolute atomic E-state index is 0.0526. The van der Waals surface area contributed by atoms with Crippen LogP contribution in [0.2, 0.25) is 0 Å². The fourth-order valence-corrected chi connectivity index (χ4v) is 5.84. The molecular weight excluding hydrogens is 459 g/mol. The van der Waals surface area contributed by atoms with Crippen LogP contribution in [-0.2, 0) is 19.0 Å². The molecule has 0 bridgehead atoms. The standard InChI is InChI=1S/C26H29FN8O/c1-16-9-26(10-16,24-32-30-15-33(24)3)18-8-19(12-29-11-18)34(25(2)4-5-25)14-17-6-21-20(27)13-31-35(21)22(7-17)23(28)36/h6-8,11-13,15-16H,4-5,9-10,14H2,1-3H3,(H2,28,36). The minimum atomic E-state index is -0.650. The van der Waals surface area contributed by atoms with Crippen molar-refractivity contribution < 1.29 is 9.18 Å². The Labute approximate surface area is 208 Å². The number of nitrogens with two attached hydrogens (primary N) is 1. The average molecular weight is 489 g/mol. The van der Waals surface area contributed by atoms with E-state index < -0.39 is 11.7 Å². The number of rotatable bonds is 7. The van der Waals surface area contributed by atoms with Gasteiger partial charge < -0.3 is 15.2 Å². The zero-order valence-electron chi connectivity index (χ0n) is 20.6. The Morgan fingerprint density at radius 3 is 2.64 bits per heavy atom. The highest BCUT2D eigenvalue weighted by atomic mass is 19.1. The second-order valence-electron chi connectivity index (χ2n) is 10.8. The van der Waals surface area contributed by atoms with Gasteiger partial charge in [0.15, 0.2) is 5.82 Å². The molecule has 186 valence electrons. The Morgan fingerprint density at radius 1 is 1.22 bits per heavy atom. The summed E-state index contributed by atoms with van der Waals surface area (Å²) in [5.41, 5.74) is 8.62. The van der Waals surface area contributed by atoms with Gasteiger partial charge in [0.1, 0.15) is 23.4 Å². The number of anilines is 1. The van der Waals surface area contributed by atoms with Gasteiger partial charge in [0, 0.05) is 25.3 Å². The first-order valence-corrected chi connectivity index (χ1v) is 12.2. The lowest BCUT2D eigenvalue weighted by Crippen LogP contribution is -2.43. The van der Waals surface area contributed by atoms with Crippen molar-refractivity contribution in [2.45, 2.75) is 57.0 Å². The molecule has 0 spiro atoms. The van der Waals surface area contributed by atoms with Crippen molar-refractivity contribution in [2.75, 3.05) is 4.90 Å². The maximum absolute atomic E-state index is 14.4. The molecule has 0 atom stereocenters. The van der Waals surface area contributed by atoms with Crippen LogP contribution in [0.25, 0.3) is 5.52 Å². The lowest BCUT2D eigenvalue weighted by Gasteiger charge is -2.46. The van der Waals surface area contributed by atoms with Gasteiger partial charge >= 0.3 is 0 Å². The van der Waals surface area contributed by atoms with E-state index in [9.17, 15) is 9.18 Å². The number of primary amides is 1. The number of aryl methyl sites for hydroxylation is 1. The number of carbonyl (C=O) groups is 1. The maximum Gasteiger partial charge on any atom is 0.267 e. The van der Waals surface area contributed by atoms with Crippen LogP contribution in [0.3, 0.4) is 0 Å². The van der Waals surface area contributed by atoms with E-state index in [-0.39, 0.29) is 22.2 Å². The molecule has 2 aliphatic rings. The summed E-state index contributed by atoms with van der Waals surface area (Å²) in [7, 11) is 1.98. The topological polar surface area (TPSA) is 107 Å². The molecule has 2 fully saturated rings. The van der Waals surface area contributed by atoms with Crippen molar-refractivity contribution in [1.29, 1.82) is 0 Å². The van der Waals surface area contributed by atoms with Gasteiger partial charge in [-0.05, 0) is 67.9 Å². The number of hydrogen-bond donors (Lipinski definition) is 1. The molecule has 36 heavy (non-hydrogen) atoms. The van der Waals surface area contributed by atoms with Crippen LogP contribution in [0, 0.1) is 11.7 Å². The third-order valence-electron chi connectivity index (χ3n) is 7.97. The van der Waals surface area contributed by atoms with Gasteiger partial charge in [-0.25, -0.2) is 8.91 Å². The molecule has 10 heteroatoms. The van der Waals surface area contributed by atoms with Gasteiger partial charge in [0.2, 0.25) is 0 Å². The van der Waals surface area contributed by atoms with Gasteiger partial charge in [-0.2, -0.15) is 5.10 Å². The van der Waals surface area contributed by atoms with Crippen LogP contribution >= 0.6 is 0 Å². The van der Waals surface area contributed by atoms with E-state index in [4.69, 9.17) is 5.73 Å². The Morgan fingerprint density at radius 2 is 2.00 bits per heavy atom. The monoisotopic (exact) mass is 488 g/mol. The Balaban J connectivity index is 1.41. The summed E-state index contributed by atoms with van der Waals surface area (Å²) in [6.07, 6.45) is 10.7. The minimum Gasteiger partial charge on any atom is -0.364 e. The van der Waals surface area contributed by atoms with Gasteiger partial charge in [0.05, 0.1) is 23.5 Å². The first-order valence-electron chi connectivity index (χ1n) is 12.2. The van der Waals surface area contributed by atoms with Crippen molar-refractivity contribution in [2.24, 2.45) is 18.7 Å². The SMILES string of the molecule is CC1CC(c2cncc(N(Cc3cc(C(N)=O)n4ncc(F)c4c3)C3(C)CC3)c2)(c2nncn2C)C1. The number of hydrogen-bond acceptors (Lipinski definition) is 6. The fraction of sp³-hybridized carbons (Fsp3) is 0.423. The van der Waals surface area contributed by atoms with Gasteiger partial charge in [0.25, 0.3) is 5.91 Å². The summed E-state index contributed by atoms with van der Waals surface area (Å²) in [5, 5.41) is 12.6. The number of aromatic nitrogens is 6. The van der Waals surface area contributed by atoms with Crippen LogP contribution in [0.1, 0.15) is 67.0 Å². The van der Waals surface area contributed by atoms with E-state index in [1.54, 1.807) is 18.5 Å². The third kappa shape index (κ3) is 3.46. The predicted molar refractivity (Wildman–Crippen MR) is 132 cm³/mol. The highest BCUT2D eigenvalue weighted by molar-refractivity contribution is 5.92.